The highest BCUT2D eigenvalue weighted by Crippen LogP contribution is 2.48. The van der Waals surface area contributed by atoms with Crippen LogP contribution in [-0.4, -0.2) is 41.0 Å². The lowest BCUT2D eigenvalue weighted by molar-refractivity contribution is -0.166. The second kappa shape index (κ2) is 12.3. The van der Waals surface area contributed by atoms with Gasteiger partial charge in [0.2, 0.25) is 5.91 Å². The molecule has 0 saturated carbocycles. The van der Waals surface area contributed by atoms with Gasteiger partial charge in [0.05, 0.1) is 19.1 Å². The van der Waals surface area contributed by atoms with Gasteiger partial charge in [-0.15, -0.1) is 0 Å². The number of carbonyl (C=O) groups is 3. The lowest BCUT2D eigenvalue weighted by Crippen LogP contribution is -2.54. The number of halogens is 2. The summed E-state index contributed by atoms with van der Waals surface area (Å²) in [4.78, 5) is 41.6. The number of rotatable bonds is 8. The summed E-state index contributed by atoms with van der Waals surface area (Å²) in [5.41, 5.74) is 1.07. The van der Waals surface area contributed by atoms with Crippen molar-refractivity contribution in [3.05, 3.63) is 69.7 Å². The molecule has 8 heteroatoms. The number of likely N-dealkylation sites (tertiary alicyclic amines) is 1. The van der Waals surface area contributed by atoms with E-state index in [-0.39, 0.29) is 24.9 Å². The molecule has 0 bridgehead atoms. The van der Waals surface area contributed by atoms with Crippen molar-refractivity contribution >= 4 is 41.0 Å². The predicted molar refractivity (Wildman–Crippen MR) is 145 cm³/mol. The molecular formula is C29H35Cl2NO5. The number of hydrogen-bond donors (Lipinski definition) is 0. The van der Waals surface area contributed by atoms with Crippen LogP contribution in [0.2, 0.25) is 10.0 Å². The molecule has 1 amide bonds. The largest absolute Gasteiger partial charge is 0.464 e. The van der Waals surface area contributed by atoms with Crippen LogP contribution in [0, 0.1) is 5.92 Å². The van der Waals surface area contributed by atoms with E-state index in [4.69, 9.17) is 32.7 Å². The first-order valence-electron chi connectivity index (χ1n) is 12.7. The summed E-state index contributed by atoms with van der Waals surface area (Å²) in [5.74, 6) is -2.12. The summed E-state index contributed by atoms with van der Waals surface area (Å²) in [5, 5.41) is 1.13. The van der Waals surface area contributed by atoms with Gasteiger partial charge in [-0.05, 0) is 75.9 Å². The highest BCUT2D eigenvalue weighted by atomic mass is 35.5. The first-order chi connectivity index (χ1) is 17.4. The average Bonchev–Trinajstić information content (AvgIpc) is 2.81. The Morgan fingerprint density at radius 1 is 1.03 bits per heavy atom. The maximum atomic E-state index is 14.1. The summed E-state index contributed by atoms with van der Waals surface area (Å²) in [6.45, 7) is 9.15. The van der Waals surface area contributed by atoms with Crippen molar-refractivity contribution in [1.29, 1.82) is 0 Å². The molecule has 1 aliphatic rings. The van der Waals surface area contributed by atoms with Crippen molar-refractivity contribution in [2.45, 2.75) is 77.5 Å². The highest BCUT2D eigenvalue weighted by Gasteiger charge is 2.48. The molecule has 3 rings (SSSR count). The fourth-order valence-electron chi connectivity index (χ4n) is 5.00. The molecule has 0 aliphatic carbocycles. The molecule has 0 unspecified atom stereocenters. The molecule has 0 radical (unpaired) electrons. The number of esters is 2. The van der Waals surface area contributed by atoms with Crippen molar-refractivity contribution in [2.75, 3.05) is 6.61 Å². The molecule has 0 N–H and O–H groups in total. The van der Waals surface area contributed by atoms with Gasteiger partial charge < -0.3 is 14.4 Å². The van der Waals surface area contributed by atoms with Gasteiger partial charge in [0.1, 0.15) is 11.6 Å². The first-order valence-corrected chi connectivity index (χ1v) is 13.4. The summed E-state index contributed by atoms with van der Waals surface area (Å²) in [6.07, 6.45) is 0.661. The summed E-state index contributed by atoms with van der Waals surface area (Å²) < 4.78 is 10.9. The van der Waals surface area contributed by atoms with Crippen LogP contribution < -0.4 is 0 Å². The molecule has 1 fully saturated rings. The molecule has 0 spiro atoms. The van der Waals surface area contributed by atoms with Crippen molar-refractivity contribution < 1.29 is 23.9 Å². The fourth-order valence-corrected chi connectivity index (χ4v) is 5.33. The third kappa shape index (κ3) is 7.26. The smallest absolute Gasteiger partial charge is 0.328 e. The minimum absolute atomic E-state index is 0.0870. The van der Waals surface area contributed by atoms with Crippen LogP contribution in [-0.2, 0) is 23.9 Å². The molecule has 1 heterocycles. The van der Waals surface area contributed by atoms with Crippen LogP contribution in [0.5, 0.6) is 0 Å². The number of ether oxygens (including phenoxy) is 2. The van der Waals surface area contributed by atoms with Crippen LogP contribution >= 0.6 is 23.2 Å². The Morgan fingerprint density at radius 2 is 1.70 bits per heavy atom. The second-order valence-corrected chi connectivity index (χ2v) is 11.2. The fraction of sp³-hybridized carbons (Fsp3) is 0.483. The zero-order valence-corrected chi connectivity index (χ0v) is 23.5. The Bertz CT molecular complexity index is 1110. The van der Waals surface area contributed by atoms with Gasteiger partial charge in [0, 0.05) is 21.9 Å². The molecule has 4 atom stereocenters. The highest BCUT2D eigenvalue weighted by molar-refractivity contribution is 6.30. The maximum absolute atomic E-state index is 14.1. The molecular weight excluding hydrogens is 513 g/mol. The van der Waals surface area contributed by atoms with Gasteiger partial charge in [-0.3, -0.25) is 9.59 Å². The number of carbonyl (C=O) groups excluding carboxylic acids is 3. The van der Waals surface area contributed by atoms with Gasteiger partial charge >= 0.3 is 11.9 Å². The van der Waals surface area contributed by atoms with E-state index >= 15 is 0 Å². The maximum Gasteiger partial charge on any atom is 0.328 e. The molecule has 200 valence electrons. The molecule has 6 nitrogen and oxygen atoms in total. The number of piperidine rings is 1. The lowest BCUT2D eigenvalue weighted by Gasteiger charge is -2.47. The summed E-state index contributed by atoms with van der Waals surface area (Å²) in [6, 6.07) is 13.5. The van der Waals surface area contributed by atoms with Crippen LogP contribution in [0.15, 0.2) is 48.5 Å². The quantitative estimate of drug-likeness (QED) is 0.342. The van der Waals surface area contributed by atoms with E-state index in [0.717, 1.165) is 11.1 Å². The van der Waals surface area contributed by atoms with E-state index in [1.165, 1.54) is 0 Å². The minimum Gasteiger partial charge on any atom is -0.464 e. The SMILES string of the molecule is CCOC(=O)[C@H](CC)N1C(=O)[C@@H](CC(=O)OC(C)(C)C)C[C@H](c2cccc(Cl)c2)[C@H]1c1ccc(Cl)cc1. The molecule has 1 saturated heterocycles. The van der Waals surface area contributed by atoms with Crippen LogP contribution in [0.4, 0.5) is 0 Å². The topological polar surface area (TPSA) is 72.9 Å². The van der Waals surface area contributed by atoms with Gasteiger partial charge in [0.25, 0.3) is 0 Å². The zero-order chi connectivity index (χ0) is 27.3. The van der Waals surface area contributed by atoms with Gasteiger partial charge in [0.15, 0.2) is 0 Å². The van der Waals surface area contributed by atoms with Crippen molar-refractivity contribution in [1.82, 2.24) is 4.90 Å². The van der Waals surface area contributed by atoms with Gasteiger partial charge in [-0.1, -0.05) is 54.4 Å². The number of nitrogens with zero attached hydrogens (tertiary/aromatic N) is 1. The Balaban J connectivity index is 2.15. The Kier molecular flexibility index (Phi) is 9.65. The lowest BCUT2D eigenvalue weighted by atomic mass is 9.74. The van der Waals surface area contributed by atoms with Crippen molar-refractivity contribution in [2.24, 2.45) is 5.92 Å². The number of amides is 1. The van der Waals surface area contributed by atoms with Crippen molar-refractivity contribution in [3.63, 3.8) is 0 Å². The molecule has 2 aromatic rings. The van der Waals surface area contributed by atoms with E-state index in [9.17, 15) is 14.4 Å². The third-order valence-corrected chi connectivity index (χ3v) is 6.91. The van der Waals surface area contributed by atoms with E-state index in [1.54, 1.807) is 50.8 Å². The monoisotopic (exact) mass is 547 g/mol. The van der Waals surface area contributed by atoms with E-state index < -0.39 is 35.5 Å². The normalized spacial score (nSPS) is 20.9. The molecule has 2 aromatic carbocycles. The third-order valence-electron chi connectivity index (χ3n) is 6.43. The predicted octanol–water partition coefficient (Wildman–Crippen LogP) is 6.74. The number of hydrogen-bond acceptors (Lipinski definition) is 5. The minimum atomic E-state index is -0.823. The molecule has 37 heavy (non-hydrogen) atoms. The zero-order valence-electron chi connectivity index (χ0n) is 22.0. The summed E-state index contributed by atoms with van der Waals surface area (Å²) >= 11 is 12.6. The number of benzene rings is 2. The first kappa shape index (κ1) is 29.0. The van der Waals surface area contributed by atoms with E-state index in [0.29, 0.717) is 22.9 Å². The van der Waals surface area contributed by atoms with Crippen LogP contribution in [0.25, 0.3) is 0 Å². The Hall–Kier alpha value is -2.57. The van der Waals surface area contributed by atoms with Crippen LogP contribution in [0.3, 0.4) is 0 Å². The van der Waals surface area contributed by atoms with E-state index in [2.05, 4.69) is 0 Å². The Labute approximate surface area is 229 Å². The van der Waals surface area contributed by atoms with Gasteiger partial charge in [-0.2, -0.15) is 0 Å². The van der Waals surface area contributed by atoms with Crippen molar-refractivity contribution in [3.8, 4) is 0 Å². The molecule has 1 aliphatic heterocycles. The standard InChI is InChI=1S/C29H35Cl2NO5/c1-6-24(28(35)36-7-2)32-26(18-11-13-21(30)14-12-18)23(19-9-8-10-22(31)15-19)16-20(27(32)34)17-25(33)37-29(3,4)5/h8-15,20,23-24,26H,6-7,16-17H2,1-5H3/t20-,23-,24+,26-/m1/s1. The molecule has 0 aromatic heterocycles. The average molecular weight is 549 g/mol. The van der Waals surface area contributed by atoms with E-state index in [1.807, 2.05) is 37.3 Å². The second-order valence-electron chi connectivity index (χ2n) is 10.3. The summed E-state index contributed by atoms with van der Waals surface area (Å²) in [7, 11) is 0. The Morgan fingerprint density at radius 3 is 2.27 bits per heavy atom. The van der Waals surface area contributed by atoms with Crippen LogP contribution in [0.1, 0.15) is 77.0 Å². The van der Waals surface area contributed by atoms with Gasteiger partial charge in [-0.25, -0.2) is 4.79 Å².